The highest BCUT2D eigenvalue weighted by molar-refractivity contribution is 6.31. The van der Waals surface area contributed by atoms with Crippen LogP contribution in [0.1, 0.15) is 51.0 Å². The normalized spacial score (nSPS) is 20.2. The number of rotatable bonds is 4. The SMILES string of the molecule is CC(C(=O)Nc1ccc(Cl)c(C(F)(F)F)c1)N1CCC(C(=O)N2CCCCCC2)CC1. The van der Waals surface area contributed by atoms with Gasteiger partial charge in [-0.1, -0.05) is 24.4 Å². The van der Waals surface area contributed by atoms with E-state index in [1.807, 2.05) is 9.80 Å². The van der Waals surface area contributed by atoms with Crippen LogP contribution in [0.15, 0.2) is 18.2 Å². The minimum atomic E-state index is -4.59. The Labute approximate surface area is 185 Å². The molecule has 31 heavy (non-hydrogen) atoms. The van der Waals surface area contributed by atoms with E-state index in [0.717, 1.165) is 38.1 Å². The van der Waals surface area contributed by atoms with Crippen LogP contribution < -0.4 is 5.32 Å². The molecule has 2 amide bonds. The molecule has 0 spiro atoms. The van der Waals surface area contributed by atoms with E-state index < -0.39 is 22.8 Å². The van der Waals surface area contributed by atoms with E-state index in [9.17, 15) is 22.8 Å². The number of nitrogens with one attached hydrogen (secondary N) is 1. The van der Waals surface area contributed by atoms with E-state index in [1.54, 1.807) is 6.92 Å². The second-order valence-corrected chi connectivity index (χ2v) is 8.81. The molecule has 2 saturated heterocycles. The second-order valence-electron chi connectivity index (χ2n) is 8.41. The first kappa shape index (κ1) is 23.9. The van der Waals surface area contributed by atoms with Gasteiger partial charge in [-0.25, -0.2) is 0 Å². The maximum atomic E-state index is 13.0. The van der Waals surface area contributed by atoms with Gasteiger partial charge in [0.05, 0.1) is 16.6 Å². The molecule has 3 rings (SSSR count). The molecule has 2 heterocycles. The lowest BCUT2D eigenvalue weighted by Crippen LogP contribution is -2.48. The van der Waals surface area contributed by atoms with E-state index in [2.05, 4.69) is 5.32 Å². The molecule has 2 aliphatic rings. The maximum Gasteiger partial charge on any atom is 0.417 e. The Balaban J connectivity index is 1.54. The Morgan fingerprint density at radius 1 is 1.06 bits per heavy atom. The number of alkyl halides is 3. The van der Waals surface area contributed by atoms with Crippen molar-refractivity contribution in [1.82, 2.24) is 9.80 Å². The summed E-state index contributed by atoms with van der Waals surface area (Å²) in [4.78, 5) is 29.4. The third-order valence-electron chi connectivity index (χ3n) is 6.26. The van der Waals surface area contributed by atoms with Gasteiger partial charge < -0.3 is 10.2 Å². The predicted octanol–water partition coefficient (Wildman–Crippen LogP) is 4.80. The van der Waals surface area contributed by atoms with Crippen molar-refractivity contribution in [3.8, 4) is 0 Å². The number of carbonyl (C=O) groups excluding carboxylic acids is 2. The standard InChI is InChI=1S/C22H29ClF3N3O2/c1-15(20(30)27-17-6-7-19(23)18(14-17)22(24,25)26)28-12-8-16(9-13-28)21(31)29-10-4-2-3-5-11-29/h6-7,14-16H,2-5,8-13H2,1H3,(H,27,30). The lowest BCUT2D eigenvalue weighted by molar-refractivity contribution is -0.138. The summed E-state index contributed by atoms with van der Waals surface area (Å²) in [7, 11) is 0. The van der Waals surface area contributed by atoms with Gasteiger partial charge in [0.1, 0.15) is 0 Å². The summed E-state index contributed by atoms with van der Waals surface area (Å²) in [6, 6.07) is 2.82. The zero-order valence-corrected chi connectivity index (χ0v) is 18.4. The fraction of sp³-hybridized carbons (Fsp3) is 0.636. The van der Waals surface area contributed by atoms with Crippen LogP contribution in [0.2, 0.25) is 5.02 Å². The Bertz CT molecular complexity index is 787. The zero-order chi connectivity index (χ0) is 22.6. The molecule has 1 N–H and O–H groups in total. The van der Waals surface area contributed by atoms with Crippen molar-refractivity contribution in [2.75, 3.05) is 31.5 Å². The Kier molecular flexibility index (Phi) is 7.86. The number of hydrogen-bond donors (Lipinski definition) is 1. The number of likely N-dealkylation sites (tertiary alicyclic amines) is 2. The minimum absolute atomic E-state index is 0.0183. The molecule has 5 nitrogen and oxygen atoms in total. The first-order chi connectivity index (χ1) is 14.7. The molecule has 2 aliphatic heterocycles. The third-order valence-corrected chi connectivity index (χ3v) is 6.59. The summed E-state index contributed by atoms with van der Waals surface area (Å²) in [5, 5.41) is 2.15. The molecule has 0 aliphatic carbocycles. The molecule has 0 bridgehead atoms. The van der Waals surface area contributed by atoms with Gasteiger partial charge in [-0.3, -0.25) is 14.5 Å². The fourth-order valence-electron chi connectivity index (χ4n) is 4.32. The van der Waals surface area contributed by atoms with Crippen LogP contribution in [0.3, 0.4) is 0 Å². The molecule has 1 aromatic carbocycles. The Morgan fingerprint density at radius 3 is 2.26 bits per heavy atom. The number of hydrogen-bond acceptors (Lipinski definition) is 3. The highest BCUT2D eigenvalue weighted by Crippen LogP contribution is 2.36. The molecule has 1 unspecified atom stereocenters. The van der Waals surface area contributed by atoms with E-state index in [4.69, 9.17) is 11.6 Å². The largest absolute Gasteiger partial charge is 0.417 e. The van der Waals surface area contributed by atoms with Crippen molar-refractivity contribution in [2.45, 2.75) is 57.7 Å². The molecule has 0 aromatic heterocycles. The summed E-state index contributed by atoms with van der Waals surface area (Å²) in [6.45, 7) is 4.60. The van der Waals surface area contributed by atoms with E-state index in [1.165, 1.54) is 18.9 Å². The predicted molar refractivity (Wildman–Crippen MR) is 114 cm³/mol. The Morgan fingerprint density at radius 2 is 1.68 bits per heavy atom. The molecule has 9 heteroatoms. The molecule has 1 aromatic rings. The number of nitrogens with zero attached hydrogens (tertiary/aromatic N) is 2. The van der Waals surface area contributed by atoms with Gasteiger partial charge in [-0.2, -0.15) is 13.2 Å². The van der Waals surface area contributed by atoms with Gasteiger partial charge in [0.15, 0.2) is 0 Å². The van der Waals surface area contributed by atoms with E-state index in [0.29, 0.717) is 25.9 Å². The maximum absolute atomic E-state index is 13.0. The number of piperidine rings is 1. The van der Waals surface area contributed by atoms with Crippen molar-refractivity contribution < 1.29 is 22.8 Å². The third kappa shape index (κ3) is 6.13. The van der Waals surface area contributed by atoms with Gasteiger partial charge >= 0.3 is 6.18 Å². The van der Waals surface area contributed by atoms with Gasteiger partial charge in [0, 0.05) is 24.7 Å². The fourth-order valence-corrected chi connectivity index (χ4v) is 4.54. The summed E-state index contributed by atoms with van der Waals surface area (Å²) in [6.07, 6.45) is 1.24. The zero-order valence-electron chi connectivity index (χ0n) is 17.7. The van der Waals surface area contributed by atoms with E-state index >= 15 is 0 Å². The molecule has 2 fully saturated rings. The van der Waals surface area contributed by atoms with Crippen LogP contribution in [0, 0.1) is 5.92 Å². The molecule has 0 radical (unpaired) electrons. The smallest absolute Gasteiger partial charge is 0.342 e. The lowest BCUT2D eigenvalue weighted by atomic mass is 9.94. The molecule has 172 valence electrons. The van der Waals surface area contributed by atoms with Gasteiger partial charge in [0.2, 0.25) is 11.8 Å². The summed E-state index contributed by atoms with van der Waals surface area (Å²) in [5.74, 6) is -0.178. The number of anilines is 1. The van der Waals surface area contributed by atoms with Crippen molar-refractivity contribution in [3.63, 3.8) is 0 Å². The topological polar surface area (TPSA) is 52.7 Å². The van der Waals surface area contributed by atoms with Crippen LogP contribution >= 0.6 is 11.6 Å². The minimum Gasteiger partial charge on any atom is -0.342 e. The van der Waals surface area contributed by atoms with Crippen molar-refractivity contribution in [2.24, 2.45) is 5.92 Å². The summed E-state index contributed by atoms with van der Waals surface area (Å²) in [5.41, 5.74) is -0.924. The van der Waals surface area contributed by atoms with E-state index in [-0.39, 0.29) is 23.4 Å². The first-order valence-corrected chi connectivity index (χ1v) is 11.2. The highest BCUT2D eigenvalue weighted by Gasteiger charge is 2.34. The number of benzene rings is 1. The quantitative estimate of drug-likeness (QED) is 0.703. The number of carbonyl (C=O) groups is 2. The monoisotopic (exact) mass is 459 g/mol. The molecular formula is C22H29ClF3N3O2. The average molecular weight is 460 g/mol. The van der Waals surface area contributed by atoms with Crippen molar-refractivity contribution >= 4 is 29.1 Å². The number of amides is 2. The van der Waals surface area contributed by atoms with Gasteiger partial charge in [0.25, 0.3) is 0 Å². The molecule has 1 atom stereocenters. The van der Waals surface area contributed by atoms with Gasteiger partial charge in [-0.05, 0) is 63.9 Å². The first-order valence-electron chi connectivity index (χ1n) is 10.9. The molecule has 0 saturated carbocycles. The van der Waals surface area contributed by atoms with Crippen LogP contribution in [0.25, 0.3) is 0 Å². The summed E-state index contributed by atoms with van der Waals surface area (Å²) >= 11 is 5.63. The van der Waals surface area contributed by atoms with Crippen molar-refractivity contribution in [3.05, 3.63) is 28.8 Å². The highest BCUT2D eigenvalue weighted by atomic mass is 35.5. The van der Waals surface area contributed by atoms with Crippen LogP contribution in [-0.4, -0.2) is 53.8 Å². The van der Waals surface area contributed by atoms with Crippen LogP contribution in [-0.2, 0) is 15.8 Å². The van der Waals surface area contributed by atoms with Crippen LogP contribution in [0.5, 0.6) is 0 Å². The molecular weight excluding hydrogens is 431 g/mol. The van der Waals surface area contributed by atoms with Gasteiger partial charge in [-0.15, -0.1) is 0 Å². The van der Waals surface area contributed by atoms with Crippen molar-refractivity contribution in [1.29, 1.82) is 0 Å². The summed E-state index contributed by atoms with van der Waals surface area (Å²) < 4.78 is 39.1. The lowest BCUT2D eigenvalue weighted by Gasteiger charge is -2.36. The number of halogens is 4. The Hall–Kier alpha value is -1.80. The van der Waals surface area contributed by atoms with Crippen LogP contribution in [0.4, 0.5) is 18.9 Å². The second kappa shape index (κ2) is 10.2. The average Bonchev–Trinajstić information content (AvgIpc) is 3.03.